The Labute approximate surface area is 229 Å². The Bertz CT molecular complexity index is 1340. The van der Waals surface area contributed by atoms with Gasteiger partial charge < -0.3 is 19.8 Å². The number of nitrogens with zero attached hydrogens (tertiary/aromatic N) is 1. The number of carbonyl (C=O) groups excluding carboxylic acids is 1. The molecule has 0 aliphatic carbocycles. The predicted molar refractivity (Wildman–Crippen MR) is 151 cm³/mol. The third-order valence-corrected chi connectivity index (χ3v) is 7.21. The van der Waals surface area contributed by atoms with Gasteiger partial charge in [0.15, 0.2) is 0 Å². The second kappa shape index (κ2) is 13.4. The Balaban J connectivity index is 0.951. The van der Waals surface area contributed by atoms with Gasteiger partial charge in [-0.15, -0.1) is 0 Å². The van der Waals surface area contributed by atoms with Gasteiger partial charge in [-0.25, -0.2) is 4.39 Å². The molecule has 4 aromatic rings. The van der Waals surface area contributed by atoms with E-state index in [1.54, 1.807) is 12.1 Å². The summed E-state index contributed by atoms with van der Waals surface area (Å²) < 4.78 is 24.6. The van der Waals surface area contributed by atoms with Gasteiger partial charge in [0.25, 0.3) is 0 Å². The molecule has 1 aromatic heterocycles. The molecule has 1 atom stereocenters. The highest BCUT2D eigenvalue weighted by atomic mass is 19.1. The summed E-state index contributed by atoms with van der Waals surface area (Å²) in [6, 6.07) is 22.8. The van der Waals surface area contributed by atoms with Crippen molar-refractivity contribution in [3.8, 4) is 5.75 Å². The van der Waals surface area contributed by atoms with Crippen LogP contribution in [0.1, 0.15) is 29.5 Å². The van der Waals surface area contributed by atoms with Crippen molar-refractivity contribution in [1.29, 1.82) is 0 Å². The van der Waals surface area contributed by atoms with Crippen molar-refractivity contribution in [3.63, 3.8) is 0 Å². The Hall–Kier alpha value is -3.68. The zero-order chi connectivity index (χ0) is 26.9. The molecule has 204 valence electrons. The summed E-state index contributed by atoms with van der Waals surface area (Å²) in [5.74, 6) is 0.481. The molecule has 7 heteroatoms. The average molecular weight is 530 g/mol. The number of para-hydroxylation sites is 1. The Morgan fingerprint density at radius 3 is 2.64 bits per heavy atom. The fraction of sp³-hybridized carbons (Fsp3) is 0.344. The lowest BCUT2D eigenvalue weighted by molar-refractivity contribution is -0.126. The molecule has 1 saturated heterocycles. The number of rotatable bonds is 13. The topological polar surface area (TPSA) is 66.6 Å². The van der Waals surface area contributed by atoms with Crippen LogP contribution in [0, 0.1) is 5.82 Å². The number of aromatic amines is 1. The third-order valence-electron chi connectivity index (χ3n) is 7.21. The Morgan fingerprint density at radius 2 is 1.79 bits per heavy atom. The molecule has 0 saturated carbocycles. The predicted octanol–water partition coefficient (Wildman–Crippen LogP) is 5.27. The van der Waals surface area contributed by atoms with Crippen LogP contribution < -0.4 is 10.1 Å². The molecule has 1 fully saturated rings. The van der Waals surface area contributed by atoms with E-state index in [9.17, 15) is 9.18 Å². The fourth-order valence-electron chi connectivity index (χ4n) is 5.05. The third kappa shape index (κ3) is 7.91. The first kappa shape index (κ1) is 26.9. The highest BCUT2D eigenvalue weighted by Gasteiger charge is 2.24. The van der Waals surface area contributed by atoms with Crippen molar-refractivity contribution in [2.24, 2.45) is 0 Å². The van der Waals surface area contributed by atoms with Crippen LogP contribution in [0.3, 0.4) is 0 Å². The van der Waals surface area contributed by atoms with Crippen molar-refractivity contribution >= 4 is 16.8 Å². The van der Waals surface area contributed by atoms with Gasteiger partial charge in [-0.2, -0.15) is 0 Å². The summed E-state index contributed by atoms with van der Waals surface area (Å²) in [7, 11) is 0. The maximum atomic E-state index is 12.9. The van der Waals surface area contributed by atoms with Gasteiger partial charge in [-0.3, -0.25) is 9.69 Å². The first-order valence-corrected chi connectivity index (χ1v) is 13.7. The number of fused-ring (bicyclic) bond motifs is 1. The lowest BCUT2D eigenvalue weighted by Crippen LogP contribution is -2.28. The number of likely N-dealkylation sites (tertiary alicyclic amines) is 1. The van der Waals surface area contributed by atoms with Gasteiger partial charge in [0.2, 0.25) is 5.91 Å². The zero-order valence-electron chi connectivity index (χ0n) is 22.2. The number of aryl methyl sites for hydroxylation is 1. The fourth-order valence-corrected chi connectivity index (χ4v) is 5.05. The van der Waals surface area contributed by atoms with E-state index >= 15 is 0 Å². The molecule has 39 heavy (non-hydrogen) atoms. The van der Waals surface area contributed by atoms with E-state index in [1.165, 1.54) is 34.2 Å². The van der Waals surface area contributed by atoms with Crippen LogP contribution in [-0.2, 0) is 29.0 Å². The number of nitrogens with one attached hydrogen (secondary N) is 2. The molecule has 2 N–H and O–H groups in total. The number of hydrogen-bond donors (Lipinski definition) is 2. The number of carbonyl (C=O) groups is 1. The van der Waals surface area contributed by atoms with Crippen molar-refractivity contribution in [2.75, 3.05) is 32.8 Å². The largest absolute Gasteiger partial charge is 0.489 e. The van der Waals surface area contributed by atoms with Gasteiger partial charge in [-0.05, 0) is 72.7 Å². The Morgan fingerprint density at radius 1 is 1.00 bits per heavy atom. The lowest BCUT2D eigenvalue weighted by atomic mass is 10.1. The van der Waals surface area contributed by atoms with Gasteiger partial charge >= 0.3 is 0 Å². The number of amides is 1. The van der Waals surface area contributed by atoms with Crippen molar-refractivity contribution in [2.45, 2.75) is 38.4 Å². The minimum Gasteiger partial charge on any atom is -0.489 e. The lowest BCUT2D eigenvalue weighted by Gasteiger charge is -2.17. The summed E-state index contributed by atoms with van der Waals surface area (Å²) in [5, 5.41) is 4.20. The normalized spacial score (nSPS) is 15.6. The second-order valence-electron chi connectivity index (χ2n) is 10.2. The molecule has 1 unspecified atom stereocenters. The zero-order valence-corrected chi connectivity index (χ0v) is 22.2. The number of H-pyrrole nitrogens is 1. The SMILES string of the molecule is O=C(COCc1ccc(F)cc1)NCCCc1ccc(OC2CCN(CCc3c[nH]c4ccccc34)C2)cc1. The maximum Gasteiger partial charge on any atom is 0.246 e. The van der Waals surface area contributed by atoms with Crippen molar-refractivity contribution in [1.82, 2.24) is 15.2 Å². The van der Waals surface area contributed by atoms with E-state index in [0.717, 1.165) is 56.6 Å². The quantitative estimate of drug-likeness (QED) is 0.232. The van der Waals surface area contributed by atoms with E-state index in [0.29, 0.717) is 6.54 Å². The highest BCUT2D eigenvalue weighted by Crippen LogP contribution is 2.22. The van der Waals surface area contributed by atoms with Crippen molar-refractivity contribution < 1.29 is 18.7 Å². The van der Waals surface area contributed by atoms with Gasteiger partial charge in [0, 0.05) is 43.3 Å². The van der Waals surface area contributed by atoms with Crippen LogP contribution in [0.2, 0.25) is 0 Å². The van der Waals surface area contributed by atoms with E-state index < -0.39 is 0 Å². The molecule has 1 aliphatic heterocycles. The number of halogens is 1. The summed E-state index contributed by atoms with van der Waals surface area (Å²) in [6.07, 6.45) is 6.16. The average Bonchev–Trinajstić information content (AvgIpc) is 3.58. The molecule has 6 nitrogen and oxygen atoms in total. The van der Waals surface area contributed by atoms with Crippen LogP contribution in [0.15, 0.2) is 79.0 Å². The Kier molecular flexibility index (Phi) is 9.25. The molecule has 0 radical (unpaired) electrons. The molecule has 5 rings (SSSR count). The smallest absolute Gasteiger partial charge is 0.246 e. The van der Waals surface area contributed by atoms with E-state index in [1.807, 2.05) is 12.1 Å². The molecular formula is C32H36FN3O3. The molecule has 2 heterocycles. The first-order chi connectivity index (χ1) is 19.1. The minimum absolute atomic E-state index is 0.00889. The maximum absolute atomic E-state index is 12.9. The number of hydrogen-bond acceptors (Lipinski definition) is 4. The monoisotopic (exact) mass is 529 g/mol. The minimum atomic E-state index is -0.285. The van der Waals surface area contributed by atoms with Crippen LogP contribution in [-0.4, -0.2) is 54.7 Å². The number of benzene rings is 3. The second-order valence-corrected chi connectivity index (χ2v) is 10.2. The summed E-state index contributed by atoms with van der Waals surface area (Å²) in [6.45, 7) is 3.92. The van der Waals surface area contributed by atoms with Crippen LogP contribution >= 0.6 is 0 Å². The molecule has 1 amide bonds. The van der Waals surface area contributed by atoms with Gasteiger partial charge in [0.1, 0.15) is 24.3 Å². The molecule has 1 aliphatic rings. The van der Waals surface area contributed by atoms with Gasteiger partial charge in [0.05, 0.1) is 6.61 Å². The van der Waals surface area contributed by atoms with E-state index in [4.69, 9.17) is 9.47 Å². The first-order valence-electron chi connectivity index (χ1n) is 13.7. The van der Waals surface area contributed by atoms with Gasteiger partial charge in [-0.1, -0.05) is 42.5 Å². The standard InChI is InChI=1S/C32H36FN3O3/c33-27-11-7-25(8-12-27)22-38-23-32(37)34-17-3-4-24-9-13-28(14-10-24)39-29-16-19-36(21-29)18-15-26-20-35-31-6-2-1-5-30(26)31/h1-2,5-14,20,29,35H,3-4,15-19,21-23H2,(H,34,37). The van der Waals surface area contributed by atoms with E-state index in [2.05, 4.69) is 57.8 Å². The summed E-state index contributed by atoms with van der Waals surface area (Å²) >= 11 is 0. The van der Waals surface area contributed by atoms with Crippen LogP contribution in [0.25, 0.3) is 10.9 Å². The molecule has 0 bridgehead atoms. The molecular weight excluding hydrogens is 493 g/mol. The molecule has 0 spiro atoms. The number of aromatic nitrogens is 1. The molecule has 3 aromatic carbocycles. The summed E-state index contributed by atoms with van der Waals surface area (Å²) in [4.78, 5) is 17.8. The van der Waals surface area contributed by atoms with Crippen LogP contribution in [0.4, 0.5) is 4.39 Å². The van der Waals surface area contributed by atoms with Crippen molar-refractivity contribution in [3.05, 3.63) is 102 Å². The van der Waals surface area contributed by atoms with E-state index in [-0.39, 0.29) is 31.0 Å². The van der Waals surface area contributed by atoms with Crippen LogP contribution in [0.5, 0.6) is 5.75 Å². The number of ether oxygens (including phenoxy) is 2. The highest BCUT2D eigenvalue weighted by molar-refractivity contribution is 5.83. The summed E-state index contributed by atoms with van der Waals surface area (Å²) in [5.41, 5.74) is 4.63.